The average molecular weight is 459 g/mol. The lowest BCUT2D eigenvalue weighted by atomic mass is 10.1. The Morgan fingerprint density at radius 2 is 1.92 bits per heavy atom. The number of aromatic amines is 1. The van der Waals surface area contributed by atoms with Gasteiger partial charge in [-0.15, -0.1) is 0 Å². The predicted molar refractivity (Wildman–Crippen MR) is 96.8 cm³/mol. The number of aromatic hydroxyl groups is 2. The molecule has 0 radical (unpaired) electrons. The Labute approximate surface area is 153 Å². The van der Waals surface area contributed by atoms with Gasteiger partial charge in [-0.1, -0.05) is 0 Å². The number of hydrazone groups is 1. The third-order valence-electron chi connectivity index (χ3n) is 3.16. The molecule has 7 nitrogen and oxygen atoms in total. The highest BCUT2D eigenvalue weighted by atomic mass is 79.9. The molecule has 0 unspecified atom stereocenters. The molecule has 1 aromatic carbocycles. The Kier molecular flexibility index (Phi) is 5.45. The number of carbonyl (C=O) groups excluding carboxylic acids is 1. The van der Waals surface area contributed by atoms with Crippen LogP contribution >= 0.6 is 31.9 Å². The number of halogens is 2. The summed E-state index contributed by atoms with van der Waals surface area (Å²) in [6.45, 7) is 3.37. The lowest BCUT2D eigenvalue weighted by Crippen LogP contribution is -2.28. The zero-order valence-corrected chi connectivity index (χ0v) is 15.8. The first-order valence-electron chi connectivity index (χ1n) is 6.66. The Balaban J connectivity index is 2.25. The van der Waals surface area contributed by atoms with E-state index < -0.39 is 11.5 Å². The summed E-state index contributed by atoms with van der Waals surface area (Å²) in [7, 11) is 0. The van der Waals surface area contributed by atoms with Crippen LogP contribution in [0.15, 0.2) is 31.0 Å². The van der Waals surface area contributed by atoms with Crippen LogP contribution < -0.4 is 11.0 Å². The molecular formula is C15H13Br2N3O4. The molecule has 0 aliphatic rings. The van der Waals surface area contributed by atoms with Gasteiger partial charge in [-0.2, -0.15) is 5.10 Å². The van der Waals surface area contributed by atoms with Crippen LogP contribution in [0.5, 0.6) is 11.5 Å². The molecule has 0 aliphatic heterocycles. The van der Waals surface area contributed by atoms with Gasteiger partial charge in [0, 0.05) is 11.3 Å². The van der Waals surface area contributed by atoms with Gasteiger partial charge in [-0.3, -0.25) is 9.59 Å². The second-order valence-electron chi connectivity index (χ2n) is 5.00. The van der Waals surface area contributed by atoms with E-state index in [1.807, 2.05) is 0 Å². The van der Waals surface area contributed by atoms with Gasteiger partial charge in [0.1, 0.15) is 21.5 Å². The first kappa shape index (κ1) is 18.2. The predicted octanol–water partition coefficient (Wildman–Crippen LogP) is 2.69. The van der Waals surface area contributed by atoms with Crippen molar-refractivity contribution in [1.29, 1.82) is 0 Å². The van der Waals surface area contributed by atoms with E-state index in [0.29, 0.717) is 15.7 Å². The Morgan fingerprint density at radius 1 is 1.25 bits per heavy atom. The minimum Gasteiger partial charge on any atom is -0.506 e. The number of amides is 1. The molecule has 1 aromatic heterocycles. The summed E-state index contributed by atoms with van der Waals surface area (Å²) in [6.07, 6.45) is 1.19. The molecule has 0 fully saturated rings. The van der Waals surface area contributed by atoms with Crippen molar-refractivity contribution in [3.05, 3.63) is 53.8 Å². The van der Waals surface area contributed by atoms with Crippen molar-refractivity contribution in [3.8, 4) is 11.5 Å². The van der Waals surface area contributed by atoms with Crippen molar-refractivity contribution in [1.82, 2.24) is 10.4 Å². The van der Waals surface area contributed by atoms with E-state index in [2.05, 4.69) is 47.4 Å². The lowest BCUT2D eigenvalue weighted by molar-refractivity contribution is 0.0953. The number of nitrogens with zero attached hydrogens (tertiary/aromatic N) is 1. The quantitative estimate of drug-likeness (QED) is 0.418. The van der Waals surface area contributed by atoms with Crippen molar-refractivity contribution < 1.29 is 15.0 Å². The summed E-state index contributed by atoms with van der Waals surface area (Å²) in [4.78, 5) is 26.5. The third-order valence-corrected chi connectivity index (χ3v) is 4.52. The first-order chi connectivity index (χ1) is 11.2. The van der Waals surface area contributed by atoms with Gasteiger partial charge < -0.3 is 15.2 Å². The van der Waals surface area contributed by atoms with Crippen molar-refractivity contribution in [3.63, 3.8) is 0 Å². The number of benzene rings is 1. The van der Waals surface area contributed by atoms with E-state index >= 15 is 0 Å². The standard InChI is InChI=1S/C15H13Br2N3O4/c1-6-3-7(2)19-14(23)10(6)15(24)20-18-5-8-4-9(16)13(22)11(17)12(8)21/h3-5,21-22H,1-2H3,(H,19,23)(H,20,24)/b18-5+. The Morgan fingerprint density at radius 3 is 2.54 bits per heavy atom. The first-order valence-corrected chi connectivity index (χ1v) is 8.24. The molecule has 0 atom stereocenters. The number of pyridine rings is 1. The molecule has 0 saturated carbocycles. The second kappa shape index (κ2) is 7.18. The largest absolute Gasteiger partial charge is 0.506 e. The van der Waals surface area contributed by atoms with Gasteiger partial charge in [-0.05, 0) is 63.4 Å². The number of rotatable bonds is 3. The van der Waals surface area contributed by atoms with E-state index in [-0.39, 0.29) is 27.1 Å². The third kappa shape index (κ3) is 3.68. The molecule has 0 aliphatic carbocycles. The highest BCUT2D eigenvalue weighted by Gasteiger charge is 2.15. The van der Waals surface area contributed by atoms with Crippen LogP contribution in [0.1, 0.15) is 27.2 Å². The summed E-state index contributed by atoms with van der Waals surface area (Å²) in [5.41, 5.74) is 3.14. The maximum Gasteiger partial charge on any atom is 0.277 e. The van der Waals surface area contributed by atoms with Gasteiger partial charge >= 0.3 is 0 Å². The van der Waals surface area contributed by atoms with Gasteiger partial charge in [0.2, 0.25) is 0 Å². The van der Waals surface area contributed by atoms with Crippen LogP contribution in [0.3, 0.4) is 0 Å². The number of aromatic nitrogens is 1. The highest BCUT2D eigenvalue weighted by Crippen LogP contribution is 2.40. The number of nitrogens with one attached hydrogen (secondary N) is 2. The molecule has 0 saturated heterocycles. The van der Waals surface area contributed by atoms with Crippen LogP contribution in [0.4, 0.5) is 0 Å². The molecule has 0 bridgehead atoms. The van der Waals surface area contributed by atoms with Crippen molar-refractivity contribution >= 4 is 44.0 Å². The number of H-pyrrole nitrogens is 1. The van der Waals surface area contributed by atoms with Crippen LogP contribution in [-0.4, -0.2) is 27.3 Å². The van der Waals surface area contributed by atoms with Crippen molar-refractivity contribution in [2.45, 2.75) is 13.8 Å². The fourth-order valence-electron chi connectivity index (χ4n) is 2.07. The minimum absolute atomic E-state index is 0.0324. The second-order valence-corrected chi connectivity index (χ2v) is 6.64. The molecule has 2 aromatic rings. The summed E-state index contributed by atoms with van der Waals surface area (Å²) < 4.78 is 0.432. The Hall–Kier alpha value is -2.13. The fraction of sp³-hybridized carbons (Fsp3) is 0.133. The number of hydrogen-bond acceptors (Lipinski definition) is 5. The smallest absolute Gasteiger partial charge is 0.277 e. The molecule has 0 spiro atoms. The van der Waals surface area contributed by atoms with Crippen LogP contribution in [0.25, 0.3) is 0 Å². The number of phenolic OH excluding ortho intramolecular Hbond substituents is 2. The lowest BCUT2D eigenvalue weighted by Gasteiger charge is -2.07. The number of hydrogen-bond donors (Lipinski definition) is 4. The maximum absolute atomic E-state index is 12.1. The van der Waals surface area contributed by atoms with Crippen molar-refractivity contribution in [2.75, 3.05) is 0 Å². The van der Waals surface area contributed by atoms with E-state index in [9.17, 15) is 19.8 Å². The van der Waals surface area contributed by atoms with E-state index in [1.54, 1.807) is 19.9 Å². The van der Waals surface area contributed by atoms with Crippen LogP contribution in [-0.2, 0) is 0 Å². The monoisotopic (exact) mass is 457 g/mol. The maximum atomic E-state index is 12.1. The fourth-order valence-corrected chi connectivity index (χ4v) is 3.22. The Bertz CT molecular complexity index is 907. The summed E-state index contributed by atoms with van der Waals surface area (Å²) in [5, 5.41) is 23.3. The van der Waals surface area contributed by atoms with Gasteiger partial charge in [-0.25, -0.2) is 5.43 Å². The van der Waals surface area contributed by atoms with Gasteiger partial charge in [0.15, 0.2) is 0 Å². The van der Waals surface area contributed by atoms with Gasteiger partial charge in [0.25, 0.3) is 11.5 Å². The number of aryl methyl sites for hydroxylation is 2. The minimum atomic E-state index is -0.665. The molecule has 9 heteroatoms. The van der Waals surface area contributed by atoms with Gasteiger partial charge in [0.05, 0.1) is 10.7 Å². The average Bonchev–Trinajstić information content (AvgIpc) is 2.49. The van der Waals surface area contributed by atoms with E-state index in [0.717, 1.165) is 0 Å². The number of phenols is 2. The highest BCUT2D eigenvalue weighted by molar-refractivity contribution is 9.11. The SMILES string of the molecule is Cc1cc(C)c(C(=O)N/N=C/c2cc(Br)c(O)c(Br)c2O)c(=O)[nH]1. The molecular weight excluding hydrogens is 446 g/mol. The molecule has 4 N–H and O–H groups in total. The van der Waals surface area contributed by atoms with E-state index in [1.165, 1.54) is 12.3 Å². The van der Waals surface area contributed by atoms with Crippen LogP contribution in [0, 0.1) is 13.8 Å². The topological polar surface area (TPSA) is 115 Å². The molecule has 1 heterocycles. The molecule has 2 rings (SSSR count). The summed E-state index contributed by atoms with van der Waals surface area (Å²) in [5.74, 6) is -1.06. The normalized spacial score (nSPS) is 11.0. The molecule has 24 heavy (non-hydrogen) atoms. The number of carbonyl (C=O) groups is 1. The zero-order chi connectivity index (χ0) is 18.0. The van der Waals surface area contributed by atoms with Crippen LogP contribution in [0.2, 0.25) is 0 Å². The summed E-state index contributed by atoms with van der Waals surface area (Å²) >= 11 is 6.17. The van der Waals surface area contributed by atoms with Crippen molar-refractivity contribution in [2.24, 2.45) is 5.10 Å². The molecule has 1 amide bonds. The summed E-state index contributed by atoms with van der Waals surface area (Å²) in [6, 6.07) is 3.11. The molecule has 126 valence electrons. The zero-order valence-electron chi connectivity index (χ0n) is 12.6. The van der Waals surface area contributed by atoms with E-state index in [4.69, 9.17) is 0 Å².